The first kappa shape index (κ1) is 10.4. The summed E-state index contributed by atoms with van der Waals surface area (Å²) in [4.78, 5) is 0. The van der Waals surface area contributed by atoms with E-state index in [0.29, 0.717) is 11.3 Å². The van der Waals surface area contributed by atoms with Crippen molar-refractivity contribution < 1.29 is 0 Å². The molecule has 0 spiro atoms. The third-order valence-corrected chi connectivity index (χ3v) is 2.56. The number of nitrogens with zero attached hydrogens (tertiary/aromatic N) is 3. The van der Waals surface area contributed by atoms with E-state index in [1.165, 1.54) is 0 Å². The van der Waals surface area contributed by atoms with Crippen LogP contribution in [-0.2, 0) is 7.05 Å². The van der Waals surface area contributed by atoms with Crippen molar-refractivity contribution >= 4 is 5.84 Å². The largest absolute Gasteiger partial charge is 0.384 e. The van der Waals surface area contributed by atoms with Gasteiger partial charge < -0.3 is 5.73 Å². The molecule has 2 heterocycles. The maximum atomic E-state index is 7.57. The van der Waals surface area contributed by atoms with Crippen LogP contribution in [0, 0.1) is 19.3 Å². The normalized spacial score (nSPS) is 10.7. The summed E-state index contributed by atoms with van der Waals surface area (Å²) >= 11 is 0. The Balaban J connectivity index is 2.70. The highest BCUT2D eigenvalue weighted by Gasteiger charge is 2.19. The fourth-order valence-corrected chi connectivity index (χ4v) is 1.82. The Bertz CT molecular complexity index is 528. The third-order valence-electron chi connectivity index (χ3n) is 2.56. The number of hydrogen-bond donors (Lipinski definition) is 3. The van der Waals surface area contributed by atoms with E-state index in [4.69, 9.17) is 11.1 Å². The molecule has 0 amide bonds. The van der Waals surface area contributed by atoms with Gasteiger partial charge in [0.05, 0.1) is 17.5 Å². The monoisotopic (exact) mass is 218 g/mol. The molecule has 0 aliphatic heterocycles. The van der Waals surface area contributed by atoms with Gasteiger partial charge in [0.2, 0.25) is 0 Å². The summed E-state index contributed by atoms with van der Waals surface area (Å²) in [5, 5.41) is 18.8. The van der Waals surface area contributed by atoms with E-state index in [1.807, 2.05) is 20.9 Å². The SMILES string of the molecule is Cc1cnn(C)c1-c1n[nH]c(C)c1C(=N)N. The van der Waals surface area contributed by atoms with Crippen molar-refractivity contribution in [3.8, 4) is 11.4 Å². The lowest BCUT2D eigenvalue weighted by Gasteiger charge is -2.03. The first-order valence-corrected chi connectivity index (χ1v) is 4.90. The molecule has 16 heavy (non-hydrogen) atoms. The second-order valence-electron chi connectivity index (χ2n) is 3.79. The summed E-state index contributed by atoms with van der Waals surface area (Å²) < 4.78 is 1.73. The molecule has 0 aliphatic carbocycles. The quantitative estimate of drug-likeness (QED) is 0.511. The highest BCUT2D eigenvalue weighted by Crippen LogP contribution is 2.25. The molecular weight excluding hydrogens is 204 g/mol. The van der Waals surface area contributed by atoms with Crippen molar-refractivity contribution in [1.82, 2.24) is 20.0 Å². The minimum atomic E-state index is 0.0156. The van der Waals surface area contributed by atoms with Crippen molar-refractivity contribution in [2.24, 2.45) is 12.8 Å². The highest BCUT2D eigenvalue weighted by molar-refractivity contribution is 6.01. The van der Waals surface area contributed by atoms with Crippen LogP contribution in [0.1, 0.15) is 16.8 Å². The van der Waals surface area contributed by atoms with E-state index < -0.39 is 0 Å². The minimum absolute atomic E-state index is 0.0156. The Morgan fingerprint density at radius 1 is 1.50 bits per heavy atom. The fraction of sp³-hybridized carbons (Fsp3) is 0.300. The van der Waals surface area contributed by atoms with Gasteiger partial charge in [0.15, 0.2) is 0 Å². The average molecular weight is 218 g/mol. The molecule has 0 radical (unpaired) electrons. The van der Waals surface area contributed by atoms with Crippen LogP contribution < -0.4 is 5.73 Å². The Hall–Kier alpha value is -2.11. The van der Waals surface area contributed by atoms with Gasteiger partial charge in [-0.25, -0.2) is 0 Å². The van der Waals surface area contributed by atoms with Crippen LogP contribution in [0.3, 0.4) is 0 Å². The van der Waals surface area contributed by atoms with Crippen LogP contribution in [0.25, 0.3) is 11.4 Å². The Morgan fingerprint density at radius 2 is 2.19 bits per heavy atom. The molecule has 0 unspecified atom stereocenters. The van der Waals surface area contributed by atoms with Gasteiger partial charge in [0, 0.05) is 12.7 Å². The zero-order valence-electron chi connectivity index (χ0n) is 9.50. The van der Waals surface area contributed by atoms with E-state index in [1.54, 1.807) is 10.9 Å². The minimum Gasteiger partial charge on any atom is -0.384 e. The predicted molar refractivity (Wildman–Crippen MR) is 61.3 cm³/mol. The van der Waals surface area contributed by atoms with Gasteiger partial charge in [-0.05, 0) is 19.4 Å². The van der Waals surface area contributed by atoms with Crippen molar-refractivity contribution in [1.29, 1.82) is 5.41 Å². The molecule has 0 bridgehead atoms. The second kappa shape index (κ2) is 3.48. The maximum Gasteiger partial charge on any atom is 0.126 e. The molecule has 2 aromatic rings. The number of nitrogens with two attached hydrogens (primary N) is 1. The molecule has 0 aromatic carbocycles. The van der Waals surface area contributed by atoms with E-state index in [2.05, 4.69) is 15.3 Å². The number of aromatic amines is 1. The maximum absolute atomic E-state index is 7.57. The van der Waals surface area contributed by atoms with Crippen LogP contribution in [0.2, 0.25) is 0 Å². The van der Waals surface area contributed by atoms with E-state index in [-0.39, 0.29) is 5.84 Å². The first-order chi connectivity index (χ1) is 7.52. The first-order valence-electron chi connectivity index (χ1n) is 4.90. The average Bonchev–Trinajstić information content (AvgIpc) is 2.70. The standard InChI is InChI=1S/C10H14N6/c1-5-4-13-16(3)9(5)8-7(10(11)12)6(2)14-15-8/h4H,1-3H3,(H3,11,12)(H,14,15). The van der Waals surface area contributed by atoms with Crippen LogP contribution >= 0.6 is 0 Å². The lowest BCUT2D eigenvalue weighted by atomic mass is 10.1. The summed E-state index contributed by atoms with van der Waals surface area (Å²) in [6.45, 7) is 3.80. The molecule has 4 N–H and O–H groups in total. The molecule has 0 saturated carbocycles. The lowest BCUT2D eigenvalue weighted by molar-refractivity contribution is 0.772. The van der Waals surface area contributed by atoms with Crippen LogP contribution in [0.15, 0.2) is 6.20 Å². The zero-order chi connectivity index (χ0) is 11.9. The topological polar surface area (TPSA) is 96.4 Å². The molecule has 2 aromatic heterocycles. The summed E-state index contributed by atoms with van der Waals surface area (Å²) in [5.74, 6) is 0.0156. The van der Waals surface area contributed by atoms with Crippen LogP contribution in [-0.4, -0.2) is 25.8 Å². The summed E-state index contributed by atoms with van der Waals surface area (Å²) in [6, 6.07) is 0. The highest BCUT2D eigenvalue weighted by atomic mass is 15.3. The van der Waals surface area contributed by atoms with Gasteiger partial charge in [-0.15, -0.1) is 0 Å². The molecule has 0 saturated heterocycles. The molecular formula is C10H14N6. The molecule has 0 aliphatic rings. The number of aromatic nitrogens is 4. The molecule has 6 nitrogen and oxygen atoms in total. The van der Waals surface area contributed by atoms with Crippen LogP contribution in [0.5, 0.6) is 0 Å². The van der Waals surface area contributed by atoms with Crippen LogP contribution in [0.4, 0.5) is 0 Å². The van der Waals surface area contributed by atoms with Crippen molar-refractivity contribution in [2.45, 2.75) is 13.8 Å². The molecule has 0 atom stereocenters. The Kier molecular flexibility index (Phi) is 2.26. The van der Waals surface area contributed by atoms with Gasteiger partial charge in [-0.2, -0.15) is 10.2 Å². The number of nitrogen functional groups attached to an aromatic ring is 1. The number of hydrogen-bond acceptors (Lipinski definition) is 3. The summed E-state index contributed by atoms with van der Waals surface area (Å²) in [6.07, 6.45) is 1.77. The van der Waals surface area contributed by atoms with Gasteiger partial charge in [-0.3, -0.25) is 15.2 Å². The van der Waals surface area contributed by atoms with Crippen molar-refractivity contribution in [3.63, 3.8) is 0 Å². The second-order valence-corrected chi connectivity index (χ2v) is 3.79. The van der Waals surface area contributed by atoms with E-state index in [9.17, 15) is 0 Å². The lowest BCUT2D eigenvalue weighted by Crippen LogP contribution is -2.13. The number of rotatable bonds is 2. The third kappa shape index (κ3) is 1.39. The molecule has 2 rings (SSSR count). The Morgan fingerprint density at radius 3 is 2.69 bits per heavy atom. The van der Waals surface area contributed by atoms with Gasteiger partial charge in [0.25, 0.3) is 0 Å². The number of amidine groups is 1. The molecule has 6 heteroatoms. The zero-order valence-corrected chi connectivity index (χ0v) is 9.50. The predicted octanol–water partition coefficient (Wildman–Crippen LogP) is 0.711. The van der Waals surface area contributed by atoms with Gasteiger partial charge in [0.1, 0.15) is 11.5 Å². The smallest absolute Gasteiger partial charge is 0.126 e. The summed E-state index contributed by atoms with van der Waals surface area (Å²) in [7, 11) is 1.84. The van der Waals surface area contributed by atoms with E-state index in [0.717, 1.165) is 17.0 Å². The molecule has 0 fully saturated rings. The molecule has 84 valence electrons. The van der Waals surface area contributed by atoms with Crippen molar-refractivity contribution in [3.05, 3.63) is 23.0 Å². The number of aryl methyl sites for hydroxylation is 3. The fourth-order valence-electron chi connectivity index (χ4n) is 1.82. The number of nitrogens with one attached hydrogen (secondary N) is 2. The van der Waals surface area contributed by atoms with E-state index >= 15 is 0 Å². The van der Waals surface area contributed by atoms with Gasteiger partial charge >= 0.3 is 0 Å². The van der Waals surface area contributed by atoms with Crippen molar-refractivity contribution in [2.75, 3.05) is 0 Å². The number of H-pyrrole nitrogens is 1. The Labute approximate surface area is 93.0 Å². The summed E-state index contributed by atoms with van der Waals surface area (Å²) in [5.41, 5.74) is 9.58. The van der Waals surface area contributed by atoms with Gasteiger partial charge in [-0.1, -0.05) is 0 Å².